The van der Waals surface area contributed by atoms with Gasteiger partial charge in [0.25, 0.3) is 5.91 Å². The van der Waals surface area contributed by atoms with Gasteiger partial charge in [0.2, 0.25) is 0 Å². The molecule has 4 heteroatoms. The summed E-state index contributed by atoms with van der Waals surface area (Å²) >= 11 is 0. The van der Waals surface area contributed by atoms with E-state index in [1.165, 1.54) is 0 Å². The van der Waals surface area contributed by atoms with E-state index >= 15 is 0 Å². The molecule has 120 valence electrons. The Labute approximate surface area is 142 Å². The first-order chi connectivity index (χ1) is 11.7. The lowest BCUT2D eigenvalue weighted by Gasteiger charge is -2.20. The number of anilines is 3. The summed E-state index contributed by atoms with van der Waals surface area (Å²) in [7, 11) is 3.73. The predicted molar refractivity (Wildman–Crippen MR) is 97.9 cm³/mol. The van der Waals surface area contributed by atoms with Crippen LogP contribution in [0.3, 0.4) is 0 Å². The van der Waals surface area contributed by atoms with Crippen LogP contribution < -0.4 is 9.80 Å². The van der Waals surface area contributed by atoms with Crippen molar-refractivity contribution >= 4 is 23.0 Å². The molecule has 0 N–H and O–H groups in total. The van der Waals surface area contributed by atoms with Gasteiger partial charge in [-0.1, -0.05) is 36.4 Å². The van der Waals surface area contributed by atoms with Crippen LogP contribution in [0.15, 0.2) is 79.0 Å². The minimum atomic E-state index is -0.130. The van der Waals surface area contributed by atoms with Crippen molar-refractivity contribution in [3.05, 3.63) is 84.7 Å². The zero-order chi connectivity index (χ0) is 16.9. The van der Waals surface area contributed by atoms with Crippen LogP contribution in [0.1, 0.15) is 10.5 Å². The van der Waals surface area contributed by atoms with Gasteiger partial charge in [-0.15, -0.1) is 0 Å². The molecule has 1 amide bonds. The van der Waals surface area contributed by atoms with E-state index in [9.17, 15) is 4.79 Å². The summed E-state index contributed by atoms with van der Waals surface area (Å²) in [6.45, 7) is 0. The van der Waals surface area contributed by atoms with E-state index in [1.54, 1.807) is 24.2 Å². The molecular weight excluding hydrogens is 298 g/mol. The van der Waals surface area contributed by atoms with Crippen LogP contribution in [0.2, 0.25) is 0 Å². The van der Waals surface area contributed by atoms with Crippen molar-refractivity contribution in [3.63, 3.8) is 0 Å². The number of benzene rings is 2. The first kappa shape index (κ1) is 15.7. The van der Waals surface area contributed by atoms with Crippen LogP contribution in [0.4, 0.5) is 17.1 Å². The number of aromatic nitrogens is 1. The summed E-state index contributed by atoms with van der Waals surface area (Å²) in [6.07, 6.45) is 1.72. The van der Waals surface area contributed by atoms with Crippen molar-refractivity contribution in [3.8, 4) is 0 Å². The zero-order valence-corrected chi connectivity index (χ0v) is 13.8. The van der Waals surface area contributed by atoms with E-state index in [0.717, 1.165) is 17.1 Å². The SMILES string of the molecule is CN(C(=O)c1ccc(N(C)c2ccccc2)cn1)c1ccccc1. The van der Waals surface area contributed by atoms with Gasteiger partial charge in [-0.2, -0.15) is 0 Å². The van der Waals surface area contributed by atoms with Gasteiger partial charge in [0.15, 0.2) is 0 Å². The van der Waals surface area contributed by atoms with Gasteiger partial charge in [0.05, 0.1) is 11.9 Å². The largest absolute Gasteiger partial charge is 0.343 e. The molecule has 1 heterocycles. The summed E-state index contributed by atoms with van der Waals surface area (Å²) in [5.41, 5.74) is 3.27. The van der Waals surface area contributed by atoms with Crippen LogP contribution >= 0.6 is 0 Å². The molecule has 0 fully saturated rings. The van der Waals surface area contributed by atoms with Gasteiger partial charge in [0, 0.05) is 25.5 Å². The lowest BCUT2D eigenvalue weighted by atomic mass is 10.2. The average Bonchev–Trinajstić information content (AvgIpc) is 2.68. The Morgan fingerprint density at radius 2 is 1.33 bits per heavy atom. The molecule has 0 aliphatic heterocycles. The molecule has 0 bridgehead atoms. The maximum Gasteiger partial charge on any atom is 0.276 e. The number of nitrogens with zero attached hydrogens (tertiary/aromatic N) is 3. The summed E-state index contributed by atoms with van der Waals surface area (Å²) in [5.74, 6) is -0.130. The first-order valence-electron chi connectivity index (χ1n) is 7.75. The highest BCUT2D eigenvalue weighted by Gasteiger charge is 2.15. The lowest BCUT2D eigenvalue weighted by molar-refractivity contribution is 0.0988. The van der Waals surface area contributed by atoms with E-state index < -0.39 is 0 Å². The summed E-state index contributed by atoms with van der Waals surface area (Å²) in [5, 5.41) is 0. The highest BCUT2D eigenvalue weighted by Crippen LogP contribution is 2.22. The van der Waals surface area contributed by atoms with E-state index in [1.807, 2.05) is 78.7 Å². The number of amides is 1. The molecule has 2 aromatic carbocycles. The molecule has 0 aliphatic rings. The molecule has 0 spiro atoms. The number of rotatable bonds is 4. The third-order valence-electron chi connectivity index (χ3n) is 3.95. The fourth-order valence-corrected chi connectivity index (χ4v) is 2.45. The topological polar surface area (TPSA) is 36.4 Å². The fraction of sp³-hybridized carbons (Fsp3) is 0.100. The molecule has 0 radical (unpaired) electrons. The zero-order valence-electron chi connectivity index (χ0n) is 13.8. The normalized spacial score (nSPS) is 10.2. The van der Waals surface area contributed by atoms with E-state index in [0.29, 0.717) is 5.69 Å². The molecule has 0 unspecified atom stereocenters. The first-order valence-corrected chi connectivity index (χ1v) is 7.75. The van der Waals surface area contributed by atoms with Gasteiger partial charge >= 0.3 is 0 Å². The van der Waals surface area contributed by atoms with Crippen LogP contribution in [0.5, 0.6) is 0 Å². The molecule has 24 heavy (non-hydrogen) atoms. The van der Waals surface area contributed by atoms with Gasteiger partial charge in [-0.25, -0.2) is 4.98 Å². The molecule has 0 saturated heterocycles. The summed E-state index contributed by atoms with van der Waals surface area (Å²) in [6, 6.07) is 23.2. The van der Waals surface area contributed by atoms with Gasteiger partial charge < -0.3 is 9.80 Å². The monoisotopic (exact) mass is 317 g/mol. The molecular formula is C20H19N3O. The number of carbonyl (C=O) groups excluding carboxylic acids is 1. The van der Waals surface area contributed by atoms with Crippen LogP contribution in [-0.4, -0.2) is 25.0 Å². The Hall–Kier alpha value is -3.14. The van der Waals surface area contributed by atoms with E-state index in [-0.39, 0.29) is 5.91 Å². The predicted octanol–water partition coefficient (Wildman–Crippen LogP) is 4.13. The van der Waals surface area contributed by atoms with Crippen molar-refractivity contribution < 1.29 is 4.79 Å². The smallest absolute Gasteiger partial charge is 0.276 e. The minimum Gasteiger partial charge on any atom is -0.343 e. The number of pyridine rings is 1. The van der Waals surface area contributed by atoms with E-state index in [4.69, 9.17) is 0 Å². The second kappa shape index (κ2) is 6.96. The Kier molecular flexibility index (Phi) is 4.57. The maximum atomic E-state index is 12.5. The van der Waals surface area contributed by atoms with Crippen LogP contribution in [0.25, 0.3) is 0 Å². The van der Waals surface area contributed by atoms with Gasteiger partial charge in [-0.05, 0) is 36.4 Å². The molecule has 0 aliphatic carbocycles. The van der Waals surface area contributed by atoms with Crippen molar-refractivity contribution in [2.75, 3.05) is 23.9 Å². The number of hydrogen-bond donors (Lipinski definition) is 0. The third kappa shape index (κ3) is 3.27. The fourth-order valence-electron chi connectivity index (χ4n) is 2.45. The van der Waals surface area contributed by atoms with Gasteiger partial charge in [-0.3, -0.25) is 4.79 Å². The second-order valence-corrected chi connectivity index (χ2v) is 5.50. The molecule has 3 rings (SSSR count). The Morgan fingerprint density at radius 3 is 1.88 bits per heavy atom. The Bertz CT molecular complexity index is 801. The average molecular weight is 317 g/mol. The van der Waals surface area contributed by atoms with Crippen molar-refractivity contribution in [2.24, 2.45) is 0 Å². The van der Waals surface area contributed by atoms with Crippen molar-refractivity contribution in [1.82, 2.24) is 4.98 Å². The van der Waals surface area contributed by atoms with Crippen LogP contribution in [0, 0.1) is 0 Å². The quantitative estimate of drug-likeness (QED) is 0.726. The Balaban J connectivity index is 1.78. The highest BCUT2D eigenvalue weighted by atomic mass is 16.2. The maximum absolute atomic E-state index is 12.5. The molecule has 0 saturated carbocycles. The minimum absolute atomic E-state index is 0.130. The molecule has 0 atom stereocenters. The van der Waals surface area contributed by atoms with Gasteiger partial charge in [0.1, 0.15) is 5.69 Å². The number of hydrogen-bond acceptors (Lipinski definition) is 3. The molecule has 3 aromatic rings. The summed E-state index contributed by atoms with van der Waals surface area (Å²) < 4.78 is 0. The second-order valence-electron chi connectivity index (χ2n) is 5.50. The molecule has 4 nitrogen and oxygen atoms in total. The highest BCUT2D eigenvalue weighted by molar-refractivity contribution is 6.04. The molecule has 1 aromatic heterocycles. The van der Waals surface area contributed by atoms with Crippen molar-refractivity contribution in [2.45, 2.75) is 0 Å². The number of para-hydroxylation sites is 2. The lowest BCUT2D eigenvalue weighted by Crippen LogP contribution is -2.27. The Morgan fingerprint density at radius 1 is 0.750 bits per heavy atom. The van der Waals surface area contributed by atoms with E-state index in [2.05, 4.69) is 4.98 Å². The third-order valence-corrected chi connectivity index (χ3v) is 3.95. The summed E-state index contributed by atoms with van der Waals surface area (Å²) in [4.78, 5) is 20.5. The van der Waals surface area contributed by atoms with Crippen LogP contribution in [-0.2, 0) is 0 Å². The number of carbonyl (C=O) groups is 1. The van der Waals surface area contributed by atoms with Crippen molar-refractivity contribution in [1.29, 1.82) is 0 Å². The standard InChI is InChI=1S/C20H19N3O/c1-22(16-9-5-3-6-10-16)18-13-14-19(21-15-18)20(24)23(2)17-11-7-4-8-12-17/h3-15H,1-2H3.